The molecule has 0 fully saturated rings. The minimum Gasteiger partial charge on any atom is -0.497 e. The Morgan fingerprint density at radius 3 is 2.69 bits per heavy atom. The predicted molar refractivity (Wildman–Crippen MR) is 146 cm³/mol. The summed E-state index contributed by atoms with van der Waals surface area (Å²) >= 11 is 1.91. The number of anilines is 1. The van der Waals surface area contributed by atoms with Gasteiger partial charge in [0, 0.05) is 28.4 Å². The molecule has 1 aliphatic carbocycles. The molecule has 2 amide bonds. The summed E-state index contributed by atoms with van der Waals surface area (Å²) in [4.78, 5) is 17.5. The molecule has 0 saturated carbocycles. The molecule has 0 radical (unpaired) electrons. The molecule has 6 heteroatoms. The highest BCUT2D eigenvalue weighted by atomic mass is 32.1. The molecule has 5 nitrogen and oxygen atoms in total. The van der Waals surface area contributed by atoms with E-state index in [1.165, 1.54) is 39.4 Å². The average molecular weight is 498 g/mol. The second-order valence-electron chi connectivity index (χ2n) is 9.59. The fourth-order valence-corrected chi connectivity index (χ4v) is 6.97. The van der Waals surface area contributed by atoms with E-state index in [1.807, 2.05) is 40.5 Å². The number of ether oxygens (including phenoxy) is 1. The van der Waals surface area contributed by atoms with Gasteiger partial charge in [-0.3, -0.25) is 0 Å². The molecular weight excluding hydrogens is 466 g/mol. The first-order valence-electron chi connectivity index (χ1n) is 12.8. The number of aryl methyl sites for hydroxylation is 2. The quantitative estimate of drug-likeness (QED) is 0.326. The summed E-state index contributed by atoms with van der Waals surface area (Å²) in [6.45, 7) is 2.75. The highest BCUT2D eigenvalue weighted by Crippen LogP contribution is 2.44. The summed E-state index contributed by atoms with van der Waals surface area (Å²) in [7, 11) is 1.64. The van der Waals surface area contributed by atoms with Gasteiger partial charge in [0.2, 0.25) is 0 Å². The maximum Gasteiger partial charge on any atom is 0.322 e. The number of aromatic nitrogens is 1. The number of carbonyl (C=O) groups excluding carboxylic acids is 1. The van der Waals surface area contributed by atoms with Gasteiger partial charge in [0.15, 0.2) is 0 Å². The van der Waals surface area contributed by atoms with Crippen molar-refractivity contribution in [2.45, 2.75) is 51.6 Å². The highest BCUT2D eigenvalue weighted by Gasteiger charge is 2.36. The summed E-state index contributed by atoms with van der Waals surface area (Å²) in [6.07, 6.45) is 7.85. The molecule has 36 heavy (non-hydrogen) atoms. The van der Waals surface area contributed by atoms with Crippen molar-refractivity contribution in [1.82, 2.24) is 9.47 Å². The number of nitrogens with one attached hydrogen (secondary N) is 1. The monoisotopic (exact) mass is 497 g/mol. The van der Waals surface area contributed by atoms with Gasteiger partial charge in [-0.2, -0.15) is 0 Å². The van der Waals surface area contributed by atoms with Crippen molar-refractivity contribution in [2.75, 3.05) is 12.4 Å². The lowest BCUT2D eigenvalue weighted by Gasteiger charge is -2.31. The topological polar surface area (TPSA) is 46.5 Å². The Labute approximate surface area is 216 Å². The van der Waals surface area contributed by atoms with Crippen molar-refractivity contribution in [1.29, 1.82) is 0 Å². The maximum atomic E-state index is 14.0. The van der Waals surface area contributed by atoms with Crippen molar-refractivity contribution < 1.29 is 9.53 Å². The number of urea groups is 1. The second kappa shape index (κ2) is 9.51. The van der Waals surface area contributed by atoms with Crippen LogP contribution in [0.1, 0.15) is 58.6 Å². The fraction of sp³-hybridized carbons (Fsp3) is 0.300. The zero-order valence-corrected chi connectivity index (χ0v) is 21.6. The minimum atomic E-state index is -0.199. The Kier molecular flexibility index (Phi) is 6.05. The molecule has 3 heterocycles. The van der Waals surface area contributed by atoms with Crippen LogP contribution in [0.4, 0.5) is 10.5 Å². The molecule has 2 aromatic carbocycles. The van der Waals surface area contributed by atoms with Gasteiger partial charge in [-0.05, 0) is 73.1 Å². The summed E-state index contributed by atoms with van der Waals surface area (Å²) in [6, 6.07) is 20.3. The molecule has 1 unspecified atom stereocenters. The van der Waals surface area contributed by atoms with E-state index in [-0.39, 0.29) is 12.1 Å². The fourth-order valence-electron chi connectivity index (χ4n) is 5.57. The van der Waals surface area contributed by atoms with Crippen molar-refractivity contribution in [3.63, 3.8) is 0 Å². The third-order valence-corrected chi connectivity index (χ3v) is 8.80. The number of amides is 2. The zero-order chi connectivity index (χ0) is 24.6. The van der Waals surface area contributed by atoms with Crippen LogP contribution in [0.2, 0.25) is 0 Å². The largest absolute Gasteiger partial charge is 0.497 e. The lowest BCUT2D eigenvalue weighted by atomic mass is 9.95. The SMILES string of the molecule is CCc1ccc(C2c3cccn3-c3sc4c(c3CN2C(=O)Nc2cccc(OC)c2)CCCC4)cc1. The molecule has 1 N–H and O–H groups in total. The van der Waals surface area contributed by atoms with E-state index in [4.69, 9.17) is 4.74 Å². The molecule has 1 aliphatic heterocycles. The minimum absolute atomic E-state index is 0.107. The molecule has 0 bridgehead atoms. The Morgan fingerprint density at radius 2 is 1.89 bits per heavy atom. The van der Waals surface area contributed by atoms with Crippen LogP contribution in [-0.2, 0) is 25.8 Å². The first-order valence-corrected chi connectivity index (χ1v) is 13.6. The van der Waals surface area contributed by atoms with Gasteiger partial charge in [0.05, 0.1) is 25.4 Å². The van der Waals surface area contributed by atoms with E-state index in [2.05, 4.69) is 59.4 Å². The molecule has 2 aromatic heterocycles. The molecule has 2 aliphatic rings. The number of fused-ring (bicyclic) bond motifs is 5. The molecule has 0 saturated heterocycles. The first kappa shape index (κ1) is 22.9. The van der Waals surface area contributed by atoms with Gasteiger partial charge >= 0.3 is 6.03 Å². The lowest BCUT2D eigenvalue weighted by Crippen LogP contribution is -2.38. The van der Waals surface area contributed by atoms with Gasteiger partial charge in [-0.25, -0.2) is 4.79 Å². The van der Waals surface area contributed by atoms with Crippen LogP contribution in [-0.4, -0.2) is 22.6 Å². The number of rotatable bonds is 4. The van der Waals surface area contributed by atoms with Crippen LogP contribution in [0, 0.1) is 0 Å². The van der Waals surface area contributed by atoms with E-state index in [1.54, 1.807) is 7.11 Å². The number of benzene rings is 2. The molecule has 6 rings (SSSR count). The Bertz CT molecular complexity index is 1400. The number of thiophene rings is 1. The first-order chi connectivity index (χ1) is 17.7. The molecule has 0 spiro atoms. The van der Waals surface area contributed by atoms with Crippen LogP contribution >= 0.6 is 11.3 Å². The average Bonchev–Trinajstić information content (AvgIpc) is 3.51. The zero-order valence-electron chi connectivity index (χ0n) is 20.8. The molecule has 4 aromatic rings. The van der Waals surface area contributed by atoms with Gasteiger partial charge in [-0.1, -0.05) is 37.3 Å². The summed E-state index contributed by atoms with van der Waals surface area (Å²) in [5, 5.41) is 4.44. The van der Waals surface area contributed by atoms with Crippen molar-refractivity contribution in [3.05, 3.63) is 99.7 Å². The number of hydrogen-bond acceptors (Lipinski definition) is 3. The Balaban J connectivity index is 1.47. The van der Waals surface area contributed by atoms with E-state index in [0.29, 0.717) is 6.54 Å². The Morgan fingerprint density at radius 1 is 1.06 bits per heavy atom. The summed E-state index contributed by atoms with van der Waals surface area (Å²) < 4.78 is 7.71. The molecule has 184 valence electrons. The third kappa shape index (κ3) is 3.99. The van der Waals surface area contributed by atoms with E-state index >= 15 is 0 Å². The normalized spacial score (nSPS) is 16.5. The third-order valence-electron chi connectivity index (χ3n) is 7.46. The van der Waals surface area contributed by atoms with Crippen LogP contribution in [0.25, 0.3) is 5.00 Å². The molecule has 1 atom stereocenters. The van der Waals surface area contributed by atoms with E-state index in [0.717, 1.165) is 42.0 Å². The standard InChI is InChI=1S/C30H31N3O2S/c1-3-20-13-15-21(16-14-20)28-26-11-7-17-32(26)29-25(24-10-4-5-12-27(24)36-29)19-33(28)30(34)31-22-8-6-9-23(18-22)35-2/h6-9,11,13-18,28H,3-5,10,12,19H2,1-2H3,(H,31,34). The van der Waals surface area contributed by atoms with E-state index in [9.17, 15) is 4.79 Å². The second-order valence-corrected chi connectivity index (χ2v) is 10.7. The maximum absolute atomic E-state index is 14.0. The van der Waals surface area contributed by atoms with Crippen molar-refractivity contribution >= 4 is 23.1 Å². The smallest absolute Gasteiger partial charge is 0.322 e. The van der Waals surface area contributed by atoms with Gasteiger partial charge < -0.3 is 19.5 Å². The molecular formula is C30H31N3O2S. The highest BCUT2D eigenvalue weighted by molar-refractivity contribution is 7.15. The summed E-state index contributed by atoms with van der Waals surface area (Å²) in [5.74, 6) is 0.721. The van der Waals surface area contributed by atoms with E-state index < -0.39 is 0 Å². The van der Waals surface area contributed by atoms with Gasteiger partial charge in [-0.15, -0.1) is 11.3 Å². The number of methoxy groups -OCH3 is 1. The Hall–Kier alpha value is -3.51. The predicted octanol–water partition coefficient (Wildman–Crippen LogP) is 7.13. The summed E-state index contributed by atoms with van der Waals surface area (Å²) in [5.41, 5.74) is 7.03. The lowest BCUT2D eigenvalue weighted by molar-refractivity contribution is 0.194. The van der Waals surface area contributed by atoms with Crippen molar-refractivity contribution in [2.24, 2.45) is 0 Å². The van der Waals surface area contributed by atoms with Crippen LogP contribution < -0.4 is 10.1 Å². The number of hydrogen-bond donors (Lipinski definition) is 1. The van der Waals surface area contributed by atoms with Crippen molar-refractivity contribution in [3.8, 4) is 10.8 Å². The number of carbonyl (C=O) groups is 1. The van der Waals surface area contributed by atoms with Crippen LogP contribution in [0.5, 0.6) is 5.75 Å². The van der Waals surface area contributed by atoms with Crippen LogP contribution in [0.15, 0.2) is 66.9 Å². The number of nitrogens with zero attached hydrogens (tertiary/aromatic N) is 2. The van der Waals surface area contributed by atoms with Gasteiger partial charge in [0.1, 0.15) is 10.8 Å². The van der Waals surface area contributed by atoms with Crippen LogP contribution in [0.3, 0.4) is 0 Å². The van der Waals surface area contributed by atoms with Gasteiger partial charge in [0.25, 0.3) is 0 Å².